The first-order chi connectivity index (χ1) is 7.34. The molecule has 1 unspecified atom stereocenters. The highest BCUT2D eigenvalue weighted by Gasteiger charge is 2.52. The van der Waals surface area contributed by atoms with Crippen molar-refractivity contribution in [3.05, 3.63) is 5.43 Å². The van der Waals surface area contributed by atoms with Gasteiger partial charge in [0.1, 0.15) is 5.43 Å². The van der Waals surface area contributed by atoms with Crippen LogP contribution in [0.25, 0.3) is 0 Å². The molecule has 4 fully saturated rings. The average molecular weight is 221 g/mol. The van der Waals surface area contributed by atoms with Gasteiger partial charge >= 0.3 is 0 Å². The summed E-state index contributed by atoms with van der Waals surface area (Å²) < 4.78 is 0. The summed E-state index contributed by atoms with van der Waals surface area (Å²) in [6, 6.07) is 0. The molecule has 1 aromatic heterocycles. The van der Waals surface area contributed by atoms with Crippen molar-refractivity contribution in [3.63, 3.8) is 0 Å². The molecule has 1 heterocycles. The van der Waals surface area contributed by atoms with Crippen LogP contribution in [0.1, 0.15) is 44.0 Å². The van der Waals surface area contributed by atoms with Crippen molar-refractivity contribution in [2.24, 2.45) is 17.8 Å². The fourth-order valence-electron chi connectivity index (χ4n) is 4.78. The van der Waals surface area contributed by atoms with Gasteiger partial charge in [-0.2, -0.15) is 0 Å². The van der Waals surface area contributed by atoms with Crippen molar-refractivity contribution in [2.45, 2.75) is 43.9 Å². The van der Waals surface area contributed by atoms with Crippen LogP contribution in [0.4, 0.5) is 0 Å². The van der Waals surface area contributed by atoms with E-state index in [9.17, 15) is 0 Å². The Morgan fingerprint density at radius 2 is 1.60 bits per heavy atom. The van der Waals surface area contributed by atoms with E-state index >= 15 is 0 Å². The van der Waals surface area contributed by atoms with Crippen molar-refractivity contribution in [1.82, 2.24) is 15.2 Å². The smallest absolute Gasteiger partial charge is 0.106 e. The molecule has 0 amide bonds. The molecular weight excluding hydrogens is 205 g/mol. The maximum absolute atomic E-state index is 4.31. The Labute approximate surface area is 91.2 Å². The van der Waals surface area contributed by atoms with Crippen molar-refractivity contribution in [1.29, 1.82) is 0 Å². The molecule has 15 heavy (non-hydrogen) atoms. The highest BCUT2D eigenvalue weighted by atomic mass is 31.0. The Bertz CT molecular complexity index is 338. The topological polar surface area (TPSA) is 38.7 Å². The molecule has 1 aromatic rings. The third kappa shape index (κ3) is 1.16. The highest BCUT2D eigenvalue weighted by Crippen LogP contribution is 2.61. The van der Waals surface area contributed by atoms with Crippen LogP contribution in [0.5, 0.6) is 0 Å². The zero-order chi connectivity index (χ0) is 9.88. The fraction of sp³-hybridized carbons (Fsp3) is 0.909. The van der Waals surface area contributed by atoms with Crippen LogP contribution < -0.4 is 0 Å². The lowest BCUT2D eigenvalue weighted by molar-refractivity contribution is -0.00551. The summed E-state index contributed by atoms with van der Waals surface area (Å²) in [4.78, 5) is 4.07. The summed E-state index contributed by atoms with van der Waals surface area (Å²) in [7, 11) is 0.551. The quantitative estimate of drug-likeness (QED) is 0.730. The molecule has 4 saturated carbocycles. The number of hydrogen-bond donors (Lipinski definition) is 0. The zero-order valence-electron chi connectivity index (χ0n) is 8.82. The van der Waals surface area contributed by atoms with Gasteiger partial charge in [0.2, 0.25) is 0 Å². The first-order valence-corrected chi connectivity index (χ1v) is 7.03. The van der Waals surface area contributed by atoms with Crippen molar-refractivity contribution < 1.29 is 0 Å². The van der Waals surface area contributed by atoms with E-state index in [1.807, 2.05) is 0 Å². The van der Waals surface area contributed by atoms with Gasteiger partial charge in [0.25, 0.3) is 0 Å². The second kappa shape index (κ2) is 2.82. The summed E-state index contributed by atoms with van der Waals surface area (Å²) in [5, 5.41) is 8.16. The summed E-state index contributed by atoms with van der Waals surface area (Å²) >= 11 is 0. The molecule has 0 N–H and O–H groups in total. The van der Waals surface area contributed by atoms with E-state index < -0.39 is 0 Å². The lowest BCUT2D eigenvalue weighted by Crippen LogP contribution is -2.48. The minimum atomic E-state index is 0.455. The van der Waals surface area contributed by atoms with Gasteiger partial charge in [-0.05, 0) is 61.5 Å². The normalized spacial score (nSPS) is 47.9. The molecule has 0 saturated heterocycles. The van der Waals surface area contributed by atoms with Gasteiger partial charge < -0.3 is 0 Å². The number of rotatable bonds is 1. The third-order valence-electron chi connectivity index (χ3n) is 4.89. The van der Waals surface area contributed by atoms with Crippen LogP contribution in [0.15, 0.2) is 0 Å². The highest BCUT2D eigenvalue weighted by molar-refractivity contribution is 7.26. The van der Waals surface area contributed by atoms with Crippen molar-refractivity contribution >= 4 is 8.35 Å². The molecule has 4 aliphatic carbocycles. The number of hydrogen-bond acceptors (Lipinski definition) is 3. The van der Waals surface area contributed by atoms with E-state index in [0.29, 0.717) is 13.8 Å². The maximum atomic E-state index is 4.31. The molecule has 5 rings (SSSR count). The van der Waals surface area contributed by atoms with E-state index in [1.54, 1.807) is 0 Å². The van der Waals surface area contributed by atoms with E-state index in [0.717, 1.165) is 17.8 Å². The monoisotopic (exact) mass is 221 g/mol. The summed E-state index contributed by atoms with van der Waals surface area (Å²) in [6.07, 6.45) is 8.71. The molecule has 0 aliphatic heterocycles. The first kappa shape index (κ1) is 8.69. The molecular formula is C11H16N3P. The van der Waals surface area contributed by atoms with Crippen molar-refractivity contribution in [2.75, 3.05) is 0 Å². The molecule has 4 bridgehead atoms. The lowest BCUT2D eigenvalue weighted by atomic mass is 9.50. The molecule has 3 nitrogen and oxygen atoms in total. The van der Waals surface area contributed by atoms with Crippen LogP contribution in [0.2, 0.25) is 0 Å². The Morgan fingerprint density at radius 1 is 1.00 bits per heavy atom. The van der Waals surface area contributed by atoms with Gasteiger partial charge in [0, 0.05) is 13.8 Å². The average Bonchev–Trinajstić information content (AvgIpc) is 2.67. The number of aromatic nitrogens is 3. The second-order valence-electron chi connectivity index (χ2n) is 5.95. The Morgan fingerprint density at radius 3 is 2.07 bits per heavy atom. The molecule has 0 aromatic carbocycles. The van der Waals surface area contributed by atoms with Gasteiger partial charge in [0.05, 0.1) is 0 Å². The first-order valence-electron chi connectivity index (χ1n) is 6.08. The Hall–Kier alpha value is -0.430. The van der Waals surface area contributed by atoms with Gasteiger partial charge in [-0.15, -0.1) is 9.96 Å². The van der Waals surface area contributed by atoms with Gasteiger partial charge in [-0.3, -0.25) is 0 Å². The molecule has 1 atom stereocenters. The SMILES string of the molecule is C1C2CC3CC1CC(c1nnn[pH]1)(C2)C3. The minimum absolute atomic E-state index is 0.455. The Balaban J connectivity index is 1.77. The molecule has 4 heteroatoms. The molecule has 80 valence electrons. The molecule has 0 radical (unpaired) electrons. The number of nitrogens with zero attached hydrogens (tertiary/aromatic N) is 3. The van der Waals surface area contributed by atoms with Crippen LogP contribution in [0, 0.1) is 17.8 Å². The van der Waals surface area contributed by atoms with Crippen LogP contribution in [-0.4, -0.2) is 15.2 Å². The fourth-order valence-corrected chi connectivity index (χ4v) is 5.60. The predicted molar refractivity (Wildman–Crippen MR) is 59.2 cm³/mol. The molecule has 4 aliphatic rings. The molecule has 0 spiro atoms. The summed E-state index contributed by atoms with van der Waals surface area (Å²) in [5.74, 6) is 3.01. The minimum Gasteiger partial charge on any atom is -0.129 e. The standard InChI is InChI=1S/C11H16N3P/c1-7-2-9-3-8(1)5-11(4-7,6-9)10-12-13-14-15-10/h7-9,15H,1-6H2. The van der Waals surface area contributed by atoms with Gasteiger partial charge in [-0.1, -0.05) is 0 Å². The van der Waals surface area contributed by atoms with E-state index in [1.165, 1.54) is 44.0 Å². The second-order valence-corrected chi connectivity index (χ2v) is 6.84. The van der Waals surface area contributed by atoms with E-state index in [4.69, 9.17) is 0 Å². The van der Waals surface area contributed by atoms with Crippen LogP contribution >= 0.6 is 8.35 Å². The maximum Gasteiger partial charge on any atom is 0.106 e. The third-order valence-corrected chi connectivity index (χ3v) is 5.92. The zero-order valence-corrected chi connectivity index (χ0v) is 9.82. The van der Waals surface area contributed by atoms with Crippen LogP contribution in [-0.2, 0) is 5.41 Å². The lowest BCUT2D eigenvalue weighted by Gasteiger charge is -2.55. The van der Waals surface area contributed by atoms with E-state index in [2.05, 4.69) is 15.2 Å². The largest absolute Gasteiger partial charge is 0.129 e. The van der Waals surface area contributed by atoms with Gasteiger partial charge in [0.15, 0.2) is 0 Å². The summed E-state index contributed by atoms with van der Waals surface area (Å²) in [6.45, 7) is 0. The van der Waals surface area contributed by atoms with Crippen LogP contribution in [0.3, 0.4) is 0 Å². The van der Waals surface area contributed by atoms with Crippen molar-refractivity contribution in [3.8, 4) is 0 Å². The van der Waals surface area contributed by atoms with Gasteiger partial charge in [-0.25, -0.2) is 0 Å². The summed E-state index contributed by atoms with van der Waals surface area (Å²) in [5.41, 5.74) is 1.80. The van der Waals surface area contributed by atoms with E-state index in [-0.39, 0.29) is 0 Å². The predicted octanol–water partition coefficient (Wildman–Crippen LogP) is 2.37. The Kier molecular flexibility index (Phi) is 1.63.